The van der Waals surface area contributed by atoms with Crippen molar-refractivity contribution < 1.29 is 4.74 Å². The Morgan fingerprint density at radius 2 is 1.57 bits per heavy atom. The summed E-state index contributed by atoms with van der Waals surface area (Å²) in [6.45, 7) is 2.96. The van der Waals surface area contributed by atoms with Gasteiger partial charge in [0.05, 0.1) is 0 Å². The van der Waals surface area contributed by atoms with Gasteiger partial charge in [0, 0.05) is 46.2 Å². The summed E-state index contributed by atoms with van der Waals surface area (Å²) in [6, 6.07) is 17.0. The molecule has 28 heavy (non-hydrogen) atoms. The molecule has 150 valence electrons. The minimum atomic E-state index is -0.0378. The molecular weight excluding hydrogens is 344 g/mol. The maximum absolute atomic E-state index is 6.16. The highest BCUT2D eigenvalue weighted by molar-refractivity contribution is 5.58. The van der Waals surface area contributed by atoms with Gasteiger partial charge in [-0.2, -0.15) is 0 Å². The van der Waals surface area contributed by atoms with Crippen LogP contribution in [0.4, 0.5) is 11.4 Å². The molecule has 0 bridgehead atoms. The first-order valence-electron chi connectivity index (χ1n) is 10.0. The number of rotatable bonds is 10. The Balaban J connectivity index is 2.13. The Labute approximate surface area is 170 Å². The van der Waals surface area contributed by atoms with Crippen LogP contribution in [0, 0.1) is 0 Å². The SMILES string of the molecule is CCCCOC(C=CC=Cc1cccc(N(C)C)c1)c1cccc(N(C)C)c1. The van der Waals surface area contributed by atoms with Gasteiger partial charge < -0.3 is 14.5 Å². The van der Waals surface area contributed by atoms with Crippen LogP contribution >= 0.6 is 0 Å². The monoisotopic (exact) mass is 378 g/mol. The fourth-order valence-corrected chi connectivity index (χ4v) is 2.84. The molecular formula is C25H34N2O. The molecule has 3 nitrogen and oxygen atoms in total. The molecule has 2 aromatic rings. The molecule has 0 radical (unpaired) electrons. The van der Waals surface area contributed by atoms with Crippen molar-refractivity contribution in [3.63, 3.8) is 0 Å². The Bertz CT molecular complexity index is 778. The summed E-state index contributed by atoms with van der Waals surface area (Å²) in [5.41, 5.74) is 4.76. The molecule has 0 spiro atoms. The molecule has 0 heterocycles. The van der Waals surface area contributed by atoms with Crippen molar-refractivity contribution in [2.75, 3.05) is 44.6 Å². The van der Waals surface area contributed by atoms with Crippen LogP contribution in [-0.4, -0.2) is 34.8 Å². The van der Waals surface area contributed by atoms with Gasteiger partial charge in [0.25, 0.3) is 0 Å². The van der Waals surface area contributed by atoms with Crippen LogP contribution in [0.1, 0.15) is 37.0 Å². The van der Waals surface area contributed by atoms with Gasteiger partial charge >= 0.3 is 0 Å². The van der Waals surface area contributed by atoms with Crippen molar-refractivity contribution in [1.29, 1.82) is 0 Å². The Morgan fingerprint density at radius 3 is 2.25 bits per heavy atom. The summed E-state index contributed by atoms with van der Waals surface area (Å²) in [6.07, 6.45) is 10.6. The van der Waals surface area contributed by atoms with E-state index >= 15 is 0 Å². The molecule has 3 heteroatoms. The Kier molecular flexibility index (Phi) is 8.83. The van der Waals surface area contributed by atoms with E-state index in [9.17, 15) is 0 Å². The van der Waals surface area contributed by atoms with Crippen LogP contribution in [0.3, 0.4) is 0 Å². The largest absolute Gasteiger partial charge is 0.378 e. The maximum Gasteiger partial charge on any atom is 0.101 e. The number of hydrogen-bond donors (Lipinski definition) is 0. The highest BCUT2D eigenvalue weighted by Gasteiger charge is 2.09. The molecule has 0 saturated heterocycles. The fraction of sp³-hybridized carbons (Fsp3) is 0.360. The van der Waals surface area contributed by atoms with Crippen LogP contribution in [0.15, 0.2) is 66.8 Å². The van der Waals surface area contributed by atoms with Crippen LogP contribution in [0.2, 0.25) is 0 Å². The lowest BCUT2D eigenvalue weighted by Crippen LogP contribution is -2.10. The molecule has 0 saturated carbocycles. The van der Waals surface area contributed by atoms with Crippen molar-refractivity contribution in [3.05, 3.63) is 77.9 Å². The van der Waals surface area contributed by atoms with Crippen molar-refractivity contribution in [2.24, 2.45) is 0 Å². The zero-order valence-electron chi connectivity index (χ0n) is 17.9. The van der Waals surface area contributed by atoms with Gasteiger partial charge in [0.2, 0.25) is 0 Å². The Morgan fingerprint density at radius 1 is 0.893 bits per heavy atom. The van der Waals surface area contributed by atoms with E-state index in [1.165, 1.54) is 22.5 Å². The number of hydrogen-bond acceptors (Lipinski definition) is 3. The van der Waals surface area contributed by atoms with Gasteiger partial charge in [0.1, 0.15) is 6.10 Å². The number of benzene rings is 2. The molecule has 0 aliphatic rings. The third-order valence-electron chi connectivity index (χ3n) is 4.58. The van der Waals surface area contributed by atoms with Crippen molar-refractivity contribution in [1.82, 2.24) is 0 Å². The third kappa shape index (κ3) is 6.90. The first-order chi connectivity index (χ1) is 13.5. The lowest BCUT2D eigenvalue weighted by Gasteiger charge is -2.18. The fourth-order valence-electron chi connectivity index (χ4n) is 2.84. The molecule has 2 rings (SSSR count). The molecule has 0 aromatic heterocycles. The quantitative estimate of drug-likeness (QED) is 0.375. The predicted octanol–water partition coefficient (Wildman–Crippen LogP) is 5.95. The summed E-state index contributed by atoms with van der Waals surface area (Å²) >= 11 is 0. The van der Waals surface area contributed by atoms with Gasteiger partial charge in [-0.05, 0) is 41.8 Å². The van der Waals surface area contributed by atoms with E-state index in [0.717, 1.165) is 19.4 Å². The van der Waals surface area contributed by atoms with E-state index in [2.05, 4.69) is 118 Å². The lowest BCUT2D eigenvalue weighted by molar-refractivity contribution is 0.0830. The number of unbranched alkanes of at least 4 members (excludes halogenated alkanes) is 1. The topological polar surface area (TPSA) is 15.7 Å². The first kappa shape index (κ1) is 21.8. The number of allylic oxidation sites excluding steroid dienone is 2. The second-order valence-electron chi connectivity index (χ2n) is 7.37. The average Bonchev–Trinajstić information content (AvgIpc) is 2.70. The summed E-state index contributed by atoms with van der Waals surface area (Å²) in [7, 11) is 8.24. The van der Waals surface area contributed by atoms with E-state index < -0.39 is 0 Å². The molecule has 1 atom stereocenters. The zero-order chi connectivity index (χ0) is 20.4. The summed E-state index contributed by atoms with van der Waals surface area (Å²) in [4.78, 5) is 4.23. The highest BCUT2D eigenvalue weighted by atomic mass is 16.5. The molecule has 0 aliphatic carbocycles. The van der Waals surface area contributed by atoms with Gasteiger partial charge in [0.15, 0.2) is 0 Å². The van der Waals surface area contributed by atoms with Crippen molar-refractivity contribution in [2.45, 2.75) is 25.9 Å². The standard InChI is InChI=1S/C25H34N2O/c1-6-7-18-28-25(22-14-11-16-24(20-22)27(4)5)17-9-8-12-21-13-10-15-23(19-21)26(2)3/h8-17,19-20,25H,6-7,18H2,1-5H3. The smallest absolute Gasteiger partial charge is 0.101 e. The first-order valence-corrected chi connectivity index (χ1v) is 10.0. The van der Waals surface area contributed by atoms with Gasteiger partial charge in [-0.1, -0.05) is 61.9 Å². The molecule has 0 fully saturated rings. The second-order valence-corrected chi connectivity index (χ2v) is 7.37. The molecule has 0 amide bonds. The predicted molar refractivity (Wildman–Crippen MR) is 123 cm³/mol. The highest BCUT2D eigenvalue weighted by Crippen LogP contribution is 2.24. The van der Waals surface area contributed by atoms with Gasteiger partial charge in [-0.3, -0.25) is 0 Å². The second kappa shape index (κ2) is 11.4. The van der Waals surface area contributed by atoms with Crippen LogP contribution < -0.4 is 9.80 Å². The van der Waals surface area contributed by atoms with Crippen LogP contribution in [0.25, 0.3) is 6.08 Å². The van der Waals surface area contributed by atoms with E-state index in [1.807, 2.05) is 0 Å². The summed E-state index contributed by atoms with van der Waals surface area (Å²) in [5, 5.41) is 0. The Hall–Kier alpha value is -2.52. The zero-order valence-corrected chi connectivity index (χ0v) is 17.9. The van der Waals surface area contributed by atoms with Crippen molar-refractivity contribution >= 4 is 17.5 Å². The third-order valence-corrected chi connectivity index (χ3v) is 4.58. The van der Waals surface area contributed by atoms with Gasteiger partial charge in [-0.25, -0.2) is 0 Å². The number of ether oxygens (including phenoxy) is 1. The molecule has 1 unspecified atom stereocenters. The lowest BCUT2D eigenvalue weighted by atomic mass is 10.1. The average molecular weight is 379 g/mol. The summed E-state index contributed by atoms with van der Waals surface area (Å²) < 4.78 is 6.16. The summed E-state index contributed by atoms with van der Waals surface area (Å²) in [5.74, 6) is 0. The maximum atomic E-state index is 6.16. The van der Waals surface area contributed by atoms with E-state index in [-0.39, 0.29) is 6.10 Å². The molecule has 0 N–H and O–H groups in total. The van der Waals surface area contributed by atoms with E-state index in [0.29, 0.717) is 0 Å². The number of nitrogens with zero attached hydrogens (tertiary/aromatic N) is 2. The van der Waals surface area contributed by atoms with Crippen LogP contribution in [0.5, 0.6) is 0 Å². The van der Waals surface area contributed by atoms with Gasteiger partial charge in [-0.15, -0.1) is 0 Å². The number of anilines is 2. The molecule has 2 aromatic carbocycles. The molecule has 0 aliphatic heterocycles. The minimum absolute atomic E-state index is 0.0378. The van der Waals surface area contributed by atoms with E-state index in [1.54, 1.807) is 0 Å². The van der Waals surface area contributed by atoms with E-state index in [4.69, 9.17) is 4.74 Å². The van der Waals surface area contributed by atoms with Crippen molar-refractivity contribution in [3.8, 4) is 0 Å². The minimum Gasteiger partial charge on any atom is -0.378 e. The van der Waals surface area contributed by atoms with Crippen LogP contribution in [-0.2, 0) is 4.74 Å². The normalized spacial score (nSPS) is 12.6.